The number of carboxylic acid groups (broad SMARTS) is 1. The number of aliphatic imine (C=N–C) groups is 1. The van der Waals surface area contributed by atoms with Crippen molar-refractivity contribution in [3.05, 3.63) is 29.1 Å². The summed E-state index contributed by atoms with van der Waals surface area (Å²) >= 11 is 0. The molecule has 1 aromatic heterocycles. The van der Waals surface area contributed by atoms with E-state index in [1.54, 1.807) is 13.1 Å². The van der Waals surface area contributed by atoms with Gasteiger partial charge in [-0.1, -0.05) is 67.2 Å². The van der Waals surface area contributed by atoms with E-state index in [1.165, 1.54) is 101 Å². The molecular formula is C32H54N5O4+. The summed E-state index contributed by atoms with van der Waals surface area (Å²) in [7, 11) is 1.49. The Bertz CT molecular complexity index is 1010. The molecule has 0 spiro atoms. The number of pyridine rings is 1. The van der Waals surface area contributed by atoms with Gasteiger partial charge in [-0.05, 0) is 50.2 Å². The number of hydrogen-bond acceptors (Lipinski definition) is 6. The molecule has 1 N–H and O–H groups in total. The number of carboxylic acids is 1. The minimum absolute atomic E-state index is 0.0124. The van der Waals surface area contributed by atoms with E-state index >= 15 is 0 Å². The molecule has 0 saturated carbocycles. The second-order valence-corrected chi connectivity index (χ2v) is 11.6. The molecule has 9 heteroatoms. The Labute approximate surface area is 248 Å². The smallest absolute Gasteiger partial charge is 0.338 e. The van der Waals surface area contributed by atoms with Crippen molar-refractivity contribution in [2.24, 2.45) is 10.9 Å². The molecule has 0 aliphatic carbocycles. The summed E-state index contributed by atoms with van der Waals surface area (Å²) < 4.78 is 6.39. The Hall–Kier alpha value is -2.83. The molecule has 1 amide bonds. The number of rotatable bonds is 17. The van der Waals surface area contributed by atoms with E-state index in [-0.39, 0.29) is 29.6 Å². The third-order valence-electron chi connectivity index (χ3n) is 8.05. The lowest BCUT2D eigenvalue weighted by Gasteiger charge is -2.39. The van der Waals surface area contributed by atoms with Crippen LogP contribution >= 0.6 is 0 Å². The molecule has 0 fully saturated rings. The van der Waals surface area contributed by atoms with Gasteiger partial charge in [-0.15, -0.1) is 0 Å². The van der Waals surface area contributed by atoms with Crippen molar-refractivity contribution in [2.75, 3.05) is 33.3 Å². The van der Waals surface area contributed by atoms with Gasteiger partial charge in [0.15, 0.2) is 12.0 Å². The van der Waals surface area contributed by atoms with E-state index in [9.17, 15) is 20.0 Å². The SMILES string of the molecule is CCCC[N+](CCCC)(CCCC)CCCC.COCc1cnc(C2=NC(C)(C(C)C)C(=O)N2C#N)c(C(=O)O)c1. The molecule has 9 nitrogen and oxygen atoms in total. The first kappa shape index (κ1) is 36.2. The van der Waals surface area contributed by atoms with Crippen molar-refractivity contribution in [3.63, 3.8) is 0 Å². The highest BCUT2D eigenvalue weighted by Crippen LogP contribution is 2.32. The number of amides is 1. The molecule has 1 aromatic rings. The Morgan fingerprint density at radius 3 is 1.90 bits per heavy atom. The standard InChI is InChI=1S/C16H18N4O4.C16H36N/c1-9(2)16(3)15(23)20(8-17)13(19-16)12-11(14(21)22)5-10(6-18-12)7-24-4;1-5-9-13-17(14-10-6-2,15-11-7-3)16-12-8-4/h5-6,9H,7H2,1-4H3,(H,21,22);5-16H2,1-4H3/q;+1. The Balaban J connectivity index is 0.000000438. The van der Waals surface area contributed by atoms with Gasteiger partial charge < -0.3 is 14.3 Å². The van der Waals surface area contributed by atoms with Crippen LogP contribution in [-0.4, -0.2) is 76.0 Å². The van der Waals surface area contributed by atoms with Gasteiger partial charge in [-0.3, -0.25) is 9.78 Å². The minimum Gasteiger partial charge on any atom is -0.478 e. The first-order valence-electron chi connectivity index (χ1n) is 15.4. The number of aromatic nitrogens is 1. The molecule has 1 unspecified atom stereocenters. The monoisotopic (exact) mass is 572 g/mol. The first-order valence-corrected chi connectivity index (χ1v) is 15.4. The summed E-state index contributed by atoms with van der Waals surface area (Å²) in [5.74, 6) is -1.92. The Morgan fingerprint density at radius 2 is 1.54 bits per heavy atom. The molecule has 2 rings (SSSR count). The van der Waals surface area contributed by atoms with Crippen LogP contribution in [0, 0.1) is 17.4 Å². The molecule has 0 saturated heterocycles. The number of quaternary nitrogens is 1. The number of methoxy groups -OCH3 is 1. The molecule has 0 bridgehead atoms. The number of unbranched alkanes of at least 4 members (excludes halogenated alkanes) is 4. The fourth-order valence-corrected chi connectivity index (χ4v) is 5.01. The third kappa shape index (κ3) is 9.89. The van der Waals surface area contributed by atoms with Crippen LogP contribution in [0.15, 0.2) is 17.3 Å². The van der Waals surface area contributed by atoms with E-state index in [2.05, 4.69) is 37.7 Å². The van der Waals surface area contributed by atoms with E-state index < -0.39 is 17.4 Å². The van der Waals surface area contributed by atoms with E-state index in [4.69, 9.17) is 4.74 Å². The predicted octanol–water partition coefficient (Wildman–Crippen LogP) is 6.41. The number of carbonyl (C=O) groups is 2. The fourth-order valence-electron chi connectivity index (χ4n) is 5.01. The van der Waals surface area contributed by atoms with Crippen LogP contribution in [0.1, 0.15) is 121 Å². The minimum atomic E-state index is -1.22. The highest BCUT2D eigenvalue weighted by Gasteiger charge is 2.48. The summed E-state index contributed by atoms with van der Waals surface area (Å²) in [5, 5.41) is 18.8. The maximum Gasteiger partial charge on any atom is 0.338 e. The number of amidine groups is 1. The van der Waals surface area contributed by atoms with Gasteiger partial charge in [0, 0.05) is 13.3 Å². The van der Waals surface area contributed by atoms with Gasteiger partial charge in [-0.2, -0.15) is 10.2 Å². The van der Waals surface area contributed by atoms with Crippen LogP contribution in [-0.2, 0) is 16.1 Å². The lowest BCUT2D eigenvalue weighted by Crippen LogP contribution is -2.50. The van der Waals surface area contributed by atoms with Crippen molar-refractivity contribution in [2.45, 2.75) is 112 Å². The highest BCUT2D eigenvalue weighted by molar-refractivity contribution is 6.18. The summed E-state index contributed by atoms with van der Waals surface area (Å²) in [6.07, 6.45) is 14.3. The van der Waals surface area contributed by atoms with Gasteiger partial charge >= 0.3 is 5.97 Å². The largest absolute Gasteiger partial charge is 0.478 e. The van der Waals surface area contributed by atoms with Crippen LogP contribution in [0.4, 0.5) is 0 Å². The van der Waals surface area contributed by atoms with Crippen molar-refractivity contribution >= 4 is 17.7 Å². The summed E-state index contributed by atoms with van der Waals surface area (Å²) in [6, 6.07) is 1.40. The average molecular weight is 573 g/mol. The van der Waals surface area contributed by atoms with Gasteiger partial charge in [0.1, 0.15) is 11.2 Å². The van der Waals surface area contributed by atoms with Crippen LogP contribution in [0.2, 0.25) is 0 Å². The number of nitriles is 1. The topological polar surface area (TPSA) is 116 Å². The van der Waals surface area contributed by atoms with Crippen molar-refractivity contribution in [1.82, 2.24) is 9.88 Å². The molecule has 41 heavy (non-hydrogen) atoms. The van der Waals surface area contributed by atoms with E-state index in [0.29, 0.717) is 5.56 Å². The van der Waals surface area contributed by atoms with Crippen LogP contribution in [0.5, 0.6) is 0 Å². The predicted molar refractivity (Wildman–Crippen MR) is 164 cm³/mol. The van der Waals surface area contributed by atoms with Crippen molar-refractivity contribution in [3.8, 4) is 6.19 Å². The molecule has 2 heterocycles. The fraction of sp³-hybridized carbons (Fsp3) is 0.719. The highest BCUT2D eigenvalue weighted by atomic mass is 16.5. The lowest BCUT2D eigenvalue weighted by atomic mass is 9.89. The first-order chi connectivity index (χ1) is 19.5. The Kier molecular flexibility index (Phi) is 15.8. The molecular weight excluding hydrogens is 518 g/mol. The zero-order valence-electron chi connectivity index (χ0n) is 26.8. The summed E-state index contributed by atoms with van der Waals surface area (Å²) in [5.41, 5.74) is -0.710. The molecule has 1 aliphatic rings. The molecule has 1 atom stereocenters. The quantitative estimate of drug-likeness (QED) is 0.170. The van der Waals surface area contributed by atoms with E-state index in [1.807, 2.05) is 13.8 Å². The normalized spacial score (nSPS) is 16.8. The second kappa shape index (κ2) is 17.9. The summed E-state index contributed by atoms with van der Waals surface area (Å²) in [4.78, 5) is 33.4. The van der Waals surface area contributed by atoms with Gasteiger partial charge in [-0.25, -0.2) is 9.79 Å². The molecule has 0 aromatic carbocycles. The van der Waals surface area contributed by atoms with Crippen LogP contribution in [0.3, 0.4) is 0 Å². The maximum absolute atomic E-state index is 12.5. The average Bonchev–Trinajstić information content (AvgIpc) is 3.23. The molecule has 230 valence electrons. The zero-order valence-corrected chi connectivity index (χ0v) is 26.8. The Morgan fingerprint density at radius 1 is 1.05 bits per heavy atom. The van der Waals surface area contributed by atoms with Gasteiger partial charge in [0.2, 0.25) is 0 Å². The van der Waals surface area contributed by atoms with Crippen LogP contribution in [0.25, 0.3) is 0 Å². The second-order valence-electron chi connectivity index (χ2n) is 11.6. The maximum atomic E-state index is 12.5. The number of ether oxygens (including phenoxy) is 1. The number of aromatic carboxylic acids is 1. The van der Waals surface area contributed by atoms with Crippen molar-refractivity contribution in [1.29, 1.82) is 5.26 Å². The molecule has 1 aliphatic heterocycles. The van der Waals surface area contributed by atoms with E-state index in [0.717, 1.165) is 4.90 Å². The number of hydrogen-bond donors (Lipinski definition) is 1. The summed E-state index contributed by atoms with van der Waals surface area (Å²) in [6.45, 7) is 20.5. The lowest BCUT2D eigenvalue weighted by molar-refractivity contribution is -0.929. The van der Waals surface area contributed by atoms with Crippen LogP contribution < -0.4 is 0 Å². The van der Waals surface area contributed by atoms with Gasteiger partial charge in [0.25, 0.3) is 5.91 Å². The number of carbonyl (C=O) groups excluding carboxylic acids is 1. The van der Waals surface area contributed by atoms with Gasteiger partial charge in [0.05, 0.1) is 38.3 Å². The molecule has 0 radical (unpaired) electrons. The number of nitrogens with zero attached hydrogens (tertiary/aromatic N) is 5. The van der Waals surface area contributed by atoms with Crippen molar-refractivity contribution < 1.29 is 23.9 Å². The third-order valence-corrected chi connectivity index (χ3v) is 8.05. The zero-order chi connectivity index (χ0) is 31.1.